The second-order valence-corrected chi connectivity index (χ2v) is 6.82. The molecule has 1 aliphatic carbocycles. The summed E-state index contributed by atoms with van der Waals surface area (Å²) >= 11 is 0. The summed E-state index contributed by atoms with van der Waals surface area (Å²) in [7, 11) is 0. The third-order valence-corrected chi connectivity index (χ3v) is 4.92. The van der Waals surface area contributed by atoms with Crippen LogP contribution in [-0.2, 0) is 13.0 Å². The molecule has 144 valence electrons. The lowest BCUT2D eigenvalue weighted by molar-refractivity contribution is 0.386. The third-order valence-electron chi connectivity index (χ3n) is 4.92. The average molecular weight is 374 g/mol. The number of rotatable bonds is 5. The number of halogens is 1. The van der Waals surface area contributed by atoms with E-state index in [-0.39, 0.29) is 30.0 Å². The molecular formula is C19H23FN4O3. The number of aryl methyl sites for hydroxylation is 1. The van der Waals surface area contributed by atoms with Crippen molar-refractivity contribution in [1.82, 2.24) is 9.55 Å². The van der Waals surface area contributed by atoms with E-state index < -0.39 is 17.1 Å². The van der Waals surface area contributed by atoms with Gasteiger partial charge in [-0.2, -0.15) is 0 Å². The zero-order chi connectivity index (χ0) is 19.4. The van der Waals surface area contributed by atoms with E-state index in [9.17, 15) is 19.1 Å². The van der Waals surface area contributed by atoms with Crippen LogP contribution in [0.15, 0.2) is 38.8 Å². The summed E-state index contributed by atoms with van der Waals surface area (Å²) < 4.78 is 14.1. The normalized spacial score (nSPS) is 20.2. The first-order valence-corrected chi connectivity index (χ1v) is 9.05. The van der Waals surface area contributed by atoms with Gasteiger partial charge >= 0.3 is 5.69 Å². The minimum Gasteiger partial charge on any atom is -0.494 e. The van der Waals surface area contributed by atoms with Gasteiger partial charge in [0.1, 0.15) is 11.4 Å². The van der Waals surface area contributed by atoms with Crippen molar-refractivity contribution in [2.45, 2.75) is 50.7 Å². The summed E-state index contributed by atoms with van der Waals surface area (Å²) in [5.41, 5.74) is 5.40. The maximum absolute atomic E-state index is 13.0. The summed E-state index contributed by atoms with van der Waals surface area (Å²) in [6, 6.07) is 5.70. The molecule has 1 fully saturated rings. The number of aliphatic imine (C=N–C) groups is 1. The molecule has 0 amide bonds. The summed E-state index contributed by atoms with van der Waals surface area (Å²) in [6.45, 7) is 0.136. The maximum atomic E-state index is 13.0. The van der Waals surface area contributed by atoms with Crippen molar-refractivity contribution in [1.29, 1.82) is 0 Å². The molecule has 4 N–H and O–H groups in total. The predicted octanol–water partition coefficient (Wildman–Crippen LogP) is 1.31. The van der Waals surface area contributed by atoms with Crippen molar-refractivity contribution < 1.29 is 9.50 Å². The molecule has 7 nitrogen and oxygen atoms in total. The topological polar surface area (TPSA) is 113 Å². The van der Waals surface area contributed by atoms with Crippen LogP contribution in [0.3, 0.4) is 0 Å². The highest BCUT2D eigenvalue weighted by atomic mass is 19.1. The molecule has 3 rings (SSSR count). The molecule has 2 aromatic rings. The van der Waals surface area contributed by atoms with Crippen LogP contribution >= 0.6 is 0 Å². The van der Waals surface area contributed by atoms with Crippen molar-refractivity contribution in [3.8, 4) is 5.88 Å². The van der Waals surface area contributed by atoms with E-state index in [2.05, 4.69) is 9.98 Å². The zero-order valence-corrected chi connectivity index (χ0v) is 14.9. The third kappa shape index (κ3) is 4.51. The number of nitrogens with one attached hydrogen (secondary N) is 1. The Morgan fingerprint density at radius 2 is 1.96 bits per heavy atom. The number of nitrogens with two attached hydrogens (primary N) is 1. The van der Waals surface area contributed by atoms with Crippen molar-refractivity contribution in [3.63, 3.8) is 0 Å². The number of aromatic hydroxyl groups is 1. The lowest BCUT2D eigenvalue weighted by atomic mass is 9.91. The van der Waals surface area contributed by atoms with Gasteiger partial charge in [0.15, 0.2) is 0 Å². The number of hydrogen-bond acceptors (Lipinski definition) is 5. The number of aromatic nitrogens is 2. The van der Waals surface area contributed by atoms with Crippen LogP contribution in [-0.4, -0.2) is 33.0 Å². The molecule has 1 heterocycles. The largest absolute Gasteiger partial charge is 0.494 e. The quantitative estimate of drug-likeness (QED) is 0.685. The van der Waals surface area contributed by atoms with Crippen molar-refractivity contribution in [3.05, 3.63) is 62.0 Å². The predicted molar refractivity (Wildman–Crippen MR) is 101 cm³/mol. The molecule has 2 atom stereocenters. The Bertz CT molecular complexity index is 933. The van der Waals surface area contributed by atoms with Gasteiger partial charge in [0.2, 0.25) is 5.88 Å². The second kappa shape index (κ2) is 8.30. The van der Waals surface area contributed by atoms with Gasteiger partial charge in [-0.1, -0.05) is 25.0 Å². The molecule has 0 unspecified atom stereocenters. The van der Waals surface area contributed by atoms with Crippen LogP contribution in [0.1, 0.15) is 36.8 Å². The molecule has 1 aliphatic rings. The van der Waals surface area contributed by atoms with E-state index in [1.54, 1.807) is 12.1 Å². The fourth-order valence-corrected chi connectivity index (χ4v) is 3.29. The standard InChI is InChI=1S/C19H23FN4O3/c20-13-7-5-12(6-8-13)9-10-24-18(26)14(17(25)23-19(24)27)11-22-16-4-2-1-3-15(16)21/h5-8,11,15-16,26H,1-4,9-10,21H2,(H,23,25,27)/t15-,16-/m0/s1. The molecule has 1 aromatic carbocycles. The maximum Gasteiger partial charge on any atom is 0.331 e. The van der Waals surface area contributed by atoms with Crippen LogP contribution in [0.4, 0.5) is 4.39 Å². The molecule has 1 saturated carbocycles. The van der Waals surface area contributed by atoms with Crippen LogP contribution in [0.5, 0.6) is 5.88 Å². The van der Waals surface area contributed by atoms with Gasteiger partial charge in [0.25, 0.3) is 5.56 Å². The van der Waals surface area contributed by atoms with Crippen molar-refractivity contribution in [2.75, 3.05) is 0 Å². The Balaban J connectivity index is 1.83. The van der Waals surface area contributed by atoms with Crippen LogP contribution in [0.2, 0.25) is 0 Å². The Morgan fingerprint density at radius 3 is 2.67 bits per heavy atom. The monoisotopic (exact) mass is 374 g/mol. The fraction of sp³-hybridized carbons (Fsp3) is 0.421. The van der Waals surface area contributed by atoms with Crippen molar-refractivity contribution >= 4 is 6.21 Å². The summed E-state index contributed by atoms with van der Waals surface area (Å²) in [6.07, 6.45) is 5.49. The second-order valence-electron chi connectivity index (χ2n) is 6.82. The van der Waals surface area contributed by atoms with E-state index >= 15 is 0 Å². The number of benzene rings is 1. The average Bonchev–Trinajstić information content (AvgIpc) is 2.64. The Morgan fingerprint density at radius 1 is 1.26 bits per heavy atom. The van der Waals surface area contributed by atoms with E-state index in [1.807, 2.05) is 0 Å². The first kappa shape index (κ1) is 19.0. The van der Waals surface area contributed by atoms with Crippen molar-refractivity contribution in [2.24, 2.45) is 10.7 Å². The number of aromatic amines is 1. The van der Waals surface area contributed by atoms with E-state index in [0.29, 0.717) is 6.42 Å². The van der Waals surface area contributed by atoms with Gasteiger partial charge in [-0.25, -0.2) is 9.18 Å². The molecular weight excluding hydrogens is 351 g/mol. The first-order valence-electron chi connectivity index (χ1n) is 9.05. The lowest BCUT2D eigenvalue weighted by Crippen LogP contribution is -2.37. The lowest BCUT2D eigenvalue weighted by Gasteiger charge is -2.24. The minimum absolute atomic E-state index is 0.0634. The number of H-pyrrole nitrogens is 1. The highest BCUT2D eigenvalue weighted by molar-refractivity contribution is 5.82. The fourth-order valence-electron chi connectivity index (χ4n) is 3.29. The summed E-state index contributed by atoms with van der Waals surface area (Å²) in [5, 5.41) is 10.4. The van der Waals surface area contributed by atoms with Crippen LogP contribution in [0.25, 0.3) is 0 Å². The number of nitrogens with zero attached hydrogens (tertiary/aromatic N) is 2. The Hall–Kier alpha value is -2.74. The Kier molecular flexibility index (Phi) is 5.85. The molecule has 27 heavy (non-hydrogen) atoms. The molecule has 0 saturated heterocycles. The van der Waals surface area contributed by atoms with Crippen LogP contribution < -0.4 is 17.0 Å². The van der Waals surface area contributed by atoms with Gasteiger partial charge in [-0.3, -0.25) is 19.3 Å². The van der Waals surface area contributed by atoms with E-state index in [4.69, 9.17) is 5.73 Å². The summed E-state index contributed by atoms with van der Waals surface area (Å²) in [5.74, 6) is -0.777. The van der Waals surface area contributed by atoms with Crippen LogP contribution in [0, 0.1) is 5.82 Å². The SMILES string of the molecule is N[C@H]1CCCC[C@@H]1N=Cc1c(O)n(CCc2ccc(F)cc2)c(=O)[nH]c1=O. The molecule has 8 heteroatoms. The first-order chi connectivity index (χ1) is 13.0. The molecule has 0 aliphatic heterocycles. The van der Waals surface area contributed by atoms with E-state index in [1.165, 1.54) is 18.3 Å². The van der Waals surface area contributed by atoms with Gasteiger partial charge in [-0.05, 0) is 37.0 Å². The van der Waals surface area contributed by atoms with Gasteiger partial charge in [0.05, 0.1) is 6.04 Å². The number of hydrogen-bond donors (Lipinski definition) is 3. The minimum atomic E-state index is -0.703. The highest BCUT2D eigenvalue weighted by Crippen LogP contribution is 2.20. The van der Waals surface area contributed by atoms with Gasteiger partial charge in [0, 0.05) is 18.8 Å². The Labute approximate surface area is 155 Å². The molecule has 0 bridgehead atoms. The van der Waals surface area contributed by atoms with Gasteiger partial charge < -0.3 is 10.8 Å². The van der Waals surface area contributed by atoms with E-state index in [0.717, 1.165) is 35.8 Å². The van der Waals surface area contributed by atoms with Gasteiger partial charge in [-0.15, -0.1) is 0 Å². The smallest absolute Gasteiger partial charge is 0.331 e. The zero-order valence-electron chi connectivity index (χ0n) is 14.9. The molecule has 0 spiro atoms. The summed E-state index contributed by atoms with van der Waals surface area (Å²) in [4.78, 5) is 30.7. The molecule has 0 radical (unpaired) electrons. The highest BCUT2D eigenvalue weighted by Gasteiger charge is 2.21. The molecule has 1 aromatic heterocycles.